The molecular weight excluding hydrogens is 262 g/mol. The molecule has 1 heterocycles. The number of sulfonamides is 1. The van der Waals surface area contributed by atoms with E-state index in [9.17, 15) is 8.42 Å². The second-order valence-corrected chi connectivity index (χ2v) is 8.06. The van der Waals surface area contributed by atoms with Crippen molar-refractivity contribution in [2.24, 2.45) is 5.92 Å². The SMILES string of the molecule is CNC1CCC(C)CC1N1CCN(S(C)(=O)=O)CC1. The molecule has 1 N–H and O–H groups in total. The van der Waals surface area contributed by atoms with Gasteiger partial charge in [-0.25, -0.2) is 8.42 Å². The maximum atomic E-state index is 11.5. The van der Waals surface area contributed by atoms with Crippen molar-refractivity contribution < 1.29 is 8.42 Å². The predicted octanol–water partition coefficient (Wildman–Crippen LogP) is 0.340. The van der Waals surface area contributed by atoms with Gasteiger partial charge < -0.3 is 5.32 Å². The molecule has 0 radical (unpaired) electrons. The van der Waals surface area contributed by atoms with Gasteiger partial charge in [0.2, 0.25) is 10.0 Å². The molecule has 1 aliphatic heterocycles. The Hall–Kier alpha value is -0.170. The van der Waals surface area contributed by atoms with Gasteiger partial charge in [0.25, 0.3) is 0 Å². The highest BCUT2D eigenvalue weighted by molar-refractivity contribution is 7.88. The second kappa shape index (κ2) is 6.08. The average molecular weight is 289 g/mol. The van der Waals surface area contributed by atoms with Gasteiger partial charge in [0.15, 0.2) is 0 Å². The van der Waals surface area contributed by atoms with E-state index < -0.39 is 10.0 Å². The van der Waals surface area contributed by atoms with Crippen LogP contribution in [0.15, 0.2) is 0 Å². The van der Waals surface area contributed by atoms with Gasteiger partial charge >= 0.3 is 0 Å². The van der Waals surface area contributed by atoms with E-state index in [1.54, 1.807) is 4.31 Å². The fourth-order valence-corrected chi connectivity index (χ4v) is 4.28. The number of piperazine rings is 1. The molecule has 0 amide bonds. The first-order valence-electron chi connectivity index (χ1n) is 7.28. The van der Waals surface area contributed by atoms with E-state index in [0.717, 1.165) is 19.0 Å². The van der Waals surface area contributed by atoms with Crippen molar-refractivity contribution in [3.63, 3.8) is 0 Å². The molecule has 2 aliphatic rings. The van der Waals surface area contributed by atoms with Gasteiger partial charge in [-0.3, -0.25) is 4.90 Å². The predicted molar refractivity (Wildman–Crippen MR) is 77.6 cm³/mol. The van der Waals surface area contributed by atoms with E-state index in [2.05, 4.69) is 17.1 Å². The third-order valence-corrected chi connectivity index (χ3v) is 5.96. The lowest BCUT2D eigenvalue weighted by atomic mass is 9.82. The van der Waals surface area contributed by atoms with E-state index >= 15 is 0 Å². The number of hydrogen-bond acceptors (Lipinski definition) is 4. The highest BCUT2D eigenvalue weighted by Gasteiger charge is 2.34. The lowest BCUT2D eigenvalue weighted by molar-refractivity contribution is 0.0742. The van der Waals surface area contributed by atoms with Crippen LogP contribution in [0.4, 0.5) is 0 Å². The number of nitrogens with one attached hydrogen (secondary N) is 1. The first kappa shape index (κ1) is 15.2. The van der Waals surface area contributed by atoms with Crippen LogP contribution in [-0.4, -0.2) is 69.2 Å². The Balaban J connectivity index is 1.96. The number of rotatable bonds is 3. The fourth-order valence-electron chi connectivity index (χ4n) is 3.46. The van der Waals surface area contributed by atoms with Crippen LogP contribution in [0.5, 0.6) is 0 Å². The molecule has 0 spiro atoms. The van der Waals surface area contributed by atoms with Gasteiger partial charge in [-0.15, -0.1) is 0 Å². The molecule has 1 saturated heterocycles. The zero-order valence-electron chi connectivity index (χ0n) is 12.3. The highest BCUT2D eigenvalue weighted by Crippen LogP contribution is 2.28. The summed E-state index contributed by atoms with van der Waals surface area (Å²) in [5.41, 5.74) is 0. The van der Waals surface area contributed by atoms with E-state index in [4.69, 9.17) is 0 Å². The lowest BCUT2D eigenvalue weighted by Gasteiger charge is -2.45. The van der Waals surface area contributed by atoms with Crippen LogP contribution >= 0.6 is 0 Å². The summed E-state index contributed by atoms with van der Waals surface area (Å²) in [5, 5.41) is 3.44. The summed E-state index contributed by atoms with van der Waals surface area (Å²) >= 11 is 0. The largest absolute Gasteiger partial charge is 0.315 e. The molecule has 112 valence electrons. The summed E-state index contributed by atoms with van der Waals surface area (Å²) in [5.74, 6) is 0.780. The standard InChI is InChI=1S/C13H27N3O2S/c1-11-4-5-12(14-2)13(10-11)15-6-8-16(9-7-15)19(3,17)18/h11-14H,4-10H2,1-3H3. The molecule has 3 atom stereocenters. The second-order valence-electron chi connectivity index (χ2n) is 6.08. The lowest BCUT2D eigenvalue weighted by Crippen LogP contribution is -2.58. The summed E-state index contributed by atoms with van der Waals surface area (Å²) in [6.45, 7) is 5.33. The molecule has 0 aromatic heterocycles. The van der Waals surface area contributed by atoms with Crippen LogP contribution in [0.3, 0.4) is 0 Å². The Morgan fingerprint density at radius 1 is 1.11 bits per heavy atom. The maximum Gasteiger partial charge on any atom is 0.211 e. The van der Waals surface area contributed by atoms with Crippen molar-refractivity contribution >= 4 is 10.0 Å². The Labute approximate surface area is 117 Å². The van der Waals surface area contributed by atoms with Gasteiger partial charge in [-0.1, -0.05) is 6.92 Å². The van der Waals surface area contributed by atoms with Crippen LogP contribution in [0, 0.1) is 5.92 Å². The fraction of sp³-hybridized carbons (Fsp3) is 1.00. The first-order chi connectivity index (χ1) is 8.91. The maximum absolute atomic E-state index is 11.5. The normalized spacial score (nSPS) is 35.4. The minimum atomic E-state index is -3.02. The highest BCUT2D eigenvalue weighted by atomic mass is 32.2. The van der Waals surface area contributed by atoms with Crippen LogP contribution < -0.4 is 5.32 Å². The van der Waals surface area contributed by atoms with Gasteiger partial charge in [0.05, 0.1) is 6.26 Å². The quantitative estimate of drug-likeness (QED) is 0.814. The van der Waals surface area contributed by atoms with E-state index in [-0.39, 0.29) is 0 Å². The molecule has 3 unspecified atom stereocenters. The van der Waals surface area contributed by atoms with Gasteiger partial charge in [-0.2, -0.15) is 4.31 Å². The Morgan fingerprint density at radius 3 is 2.26 bits per heavy atom. The summed E-state index contributed by atoms with van der Waals surface area (Å²) < 4.78 is 24.7. The Kier molecular flexibility index (Phi) is 4.87. The summed E-state index contributed by atoms with van der Waals surface area (Å²) in [7, 11) is -0.977. The van der Waals surface area contributed by atoms with Crippen molar-refractivity contribution in [2.75, 3.05) is 39.5 Å². The van der Waals surface area contributed by atoms with Gasteiger partial charge in [0, 0.05) is 38.3 Å². The molecule has 2 fully saturated rings. The van der Waals surface area contributed by atoms with Crippen LogP contribution in [0.1, 0.15) is 26.2 Å². The number of hydrogen-bond donors (Lipinski definition) is 1. The van der Waals surface area contributed by atoms with Crippen molar-refractivity contribution in [1.82, 2.24) is 14.5 Å². The number of nitrogens with zero attached hydrogens (tertiary/aromatic N) is 2. The van der Waals surface area contributed by atoms with Crippen LogP contribution in [0.25, 0.3) is 0 Å². The molecule has 6 heteroatoms. The molecule has 2 rings (SSSR count). The molecule has 0 aromatic rings. The minimum absolute atomic E-state index is 0.556. The summed E-state index contributed by atoms with van der Waals surface area (Å²) in [6, 6.07) is 1.12. The molecular formula is C13H27N3O2S. The van der Waals surface area contributed by atoms with Crippen molar-refractivity contribution in [3.8, 4) is 0 Å². The third-order valence-electron chi connectivity index (χ3n) is 4.66. The van der Waals surface area contributed by atoms with E-state index in [1.807, 2.05) is 7.05 Å². The molecule has 5 nitrogen and oxygen atoms in total. The molecule has 19 heavy (non-hydrogen) atoms. The summed E-state index contributed by atoms with van der Waals surface area (Å²) in [6.07, 6.45) is 5.06. The zero-order valence-corrected chi connectivity index (χ0v) is 13.1. The summed E-state index contributed by atoms with van der Waals surface area (Å²) in [4.78, 5) is 2.48. The molecule has 1 aliphatic carbocycles. The van der Waals surface area contributed by atoms with Gasteiger partial charge in [0.1, 0.15) is 0 Å². The van der Waals surface area contributed by atoms with Crippen LogP contribution in [0.2, 0.25) is 0 Å². The third kappa shape index (κ3) is 3.68. The van der Waals surface area contributed by atoms with Crippen molar-refractivity contribution in [1.29, 1.82) is 0 Å². The van der Waals surface area contributed by atoms with Crippen LogP contribution in [-0.2, 0) is 10.0 Å². The van der Waals surface area contributed by atoms with E-state index in [0.29, 0.717) is 25.2 Å². The molecule has 1 saturated carbocycles. The van der Waals surface area contributed by atoms with Gasteiger partial charge in [-0.05, 0) is 32.2 Å². The zero-order chi connectivity index (χ0) is 14.0. The minimum Gasteiger partial charge on any atom is -0.315 e. The Bertz CT molecular complexity index is 391. The Morgan fingerprint density at radius 2 is 1.74 bits per heavy atom. The molecule has 0 bridgehead atoms. The van der Waals surface area contributed by atoms with Crippen molar-refractivity contribution in [3.05, 3.63) is 0 Å². The molecule has 0 aromatic carbocycles. The topological polar surface area (TPSA) is 52.6 Å². The number of likely N-dealkylation sites (N-methyl/N-ethyl adjacent to an activating group) is 1. The first-order valence-corrected chi connectivity index (χ1v) is 9.13. The van der Waals surface area contributed by atoms with Crippen molar-refractivity contribution in [2.45, 2.75) is 38.3 Å². The van der Waals surface area contributed by atoms with E-state index in [1.165, 1.54) is 25.5 Å². The smallest absolute Gasteiger partial charge is 0.211 e. The average Bonchev–Trinajstić information content (AvgIpc) is 2.38. The monoisotopic (exact) mass is 289 g/mol.